The van der Waals surface area contributed by atoms with Crippen LogP contribution >= 0.6 is 0 Å². The molecule has 1 fully saturated rings. The Hall–Kier alpha value is -1.09. The SMILES string of the molecule is COc1ccc(C2C(CNC(C)C)C2(C)C)cn1. The highest BCUT2D eigenvalue weighted by Gasteiger charge is 2.57. The third-order valence-corrected chi connectivity index (χ3v) is 4.12. The van der Waals surface area contributed by atoms with E-state index in [9.17, 15) is 0 Å². The quantitative estimate of drug-likeness (QED) is 0.870. The molecule has 1 aliphatic rings. The van der Waals surface area contributed by atoms with Crippen molar-refractivity contribution in [3.05, 3.63) is 23.9 Å². The van der Waals surface area contributed by atoms with Gasteiger partial charge in [-0.3, -0.25) is 0 Å². The van der Waals surface area contributed by atoms with E-state index in [0.717, 1.165) is 6.54 Å². The summed E-state index contributed by atoms with van der Waals surface area (Å²) in [6.07, 6.45) is 1.96. The number of aromatic nitrogens is 1. The molecule has 1 saturated carbocycles. The van der Waals surface area contributed by atoms with Crippen LogP contribution in [-0.2, 0) is 0 Å². The standard InChI is InChI=1S/C15H24N2O/c1-10(2)16-9-12-14(15(12,3)4)11-6-7-13(18-5)17-8-11/h6-8,10,12,14,16H,9H2,1-5H3. The largest absolute Gasteiger partial charge is 0.481 e. The summed E-state index contributed by atoms with van der Waals surface area (Å²) in [6.45, 7) is 10.2. The van der Waals surface area contributed by atoms with Gasteiger partial charge in [0, 0.05) is 18.3 Å². The van der Waals surface area contributed by atoms with Crippen LogP contribution < -0.4 is 10.1 Å². The van der Waals surface area contributed by atoms with E-state index in [1.165, 1.54) is 5.56 Å². The highest BCUT2D eigenvalue weighted by atomic mass is 16.5. The lowest BCUT2D eigenvalue weighted by molar-refractivity contribution is 0.397. The summed E-state index contributed by atoms with van der Waals surface area (Å²) in [7, 11) is 1.65. The minimum Gasteiger partial charge on any atom is -0.481 e. The summed E-state index contributed by atoms with van der Waals surface area (Å²) in [5, 5.41) is 3.54. The molecular formula is C15H24N2O. The summed E-state index contributed by atoms with van der Waals surface area (Å²) >= 11 is 0. The molecule has 0 saturated heterocycles. The number of rotatable bonds is 5. The smallest absolute Gasteiger partial charge is 0.212 e. The highest BCUT2D eigenvalue weighted by molar-refractivity contribution is 5.31. The number of ether oxygens (including phenoxy) is 1. The third-order valence-electron chi connectivity index (χ3n) is 4.12. The summed E-state index contributed by atoms with van der Waals surface area (Å²) < 4.78 is 5.10. The number of nitrogens with zero attached hydrogens (tertiary/aromatic N) is 1. The lowest BCUT2D eigenvalue weighted by Crippen LogP contribution is -2.26. The molecule has 2 rings (SSSR count). The fourth-order valence-electron chi connectivity index (χ4n) is 2.85. The number of methoxy groups -OCH3 is 1. The molecule has 0 radical (unpaired) electrons. The molecule has 0 aliphatic heterocycles. The van der Waals surface area contributed by atoms with Gasteiger partial charge in [0.05, 0.1) is 7.11 Å². The second kappa shape index (κ2) is 4.88. The van der Waals surface area contributed by atoms with Crippen molar-refractivity contribution in [2.75, 3.05) is 13.7 Å². The predicted octanol–water partition coefficient (Wildman–Crippen LogP) is 2.83. The van der Waals surface area contributed by atoms with Crippen LogP contribution in [0.15, 0.2) is 18.3 Å². The number of nitrogens with one attached hydrogen (secondary N) is 1. The van der Waals surface area contributed by atoms with Crippen molar-refractivity contribution < 1.29 is 4.74 Å². The van der Waals surface area contributed by atoms with Crippen LogP contribution in [0, 0.1) is 11.3 Å². The van der Waals surface area contributed by atoms with Crippen molar-refractivity contribution in [1.82, 2.24) is 10.3 Å². The maximum absolute atomic E-state index is 5.10. The van der Waals surface area contributed by atoms with Crippen molar-refractivity contribution in [3.8, 4) is 5.88 Å². The lowest BCUT2D eigenvalue weighted by atomic mass is 10.1. The second-order valence-electron chi connectivity index (χ2n) is 6.10. The monoisotopic (exact) mass is 248 g/mol. The van der Waals surface area contributed by atoms with Gasteiger partial charge in [0.15, 0.2) is 0 Å². The van der Waals surface area contributed by atoms with Crippen LogP contribution in [0.2, 0.25) is 0 Å². The molecule has 0 amide bonds. The Morgan fingerprint density at radius 1 is 1.39 bits per heavy atom. The van der Waals surface area contributed by atoms with Gasteiger partial charge in [0.2, 0.25) is 5.88 Å². The molecule has 1 aromatic heterocycles. The molecular weight excluding hydrogens is 224 g/mol. The van der Waals surface area contributed by atoms with Gasteiger partial charge in [0.25, 0.3) is 0 Å². The number of pyridine rings is 1. The van der Waals surface area contributed by atoms with Gasteiger partial charge in [-0.25, -0.2) is 4.98 Å². The molecule has 1 heterocycles. The fourth-order valence-corrected chi connectivity index (χ4v) is 2.85. The van der Waals surface area contributed by atoms with E-state index in [-0.39, 0.29) is 0 Å². The van der Waals surface area contributed by atoms with Gasteiger partial charge in [-0.1, -0.05) is 33.8 Å². The molecule has 18 heavy (non-hydrogen) atoms. The number of hydrogen-bond acceptors (Lipinski definition) is 3. The fraction of sp³-hybridized carbons (Fsp3) is 0.667. The Labute approximate surface area is 110 Å². The molecule has 3 heteroatoms. The Bertz CT molecular complexity index is 397. The average Bonchev–Trinajstić information content (AvgIpc) is 2.88. The van der Waals surface area contributed by atoms with Gasteiger partial charge < -0.3 is 10.1 Å². The second-order valence-corrected chi connectivity index (χ2v) is 6.10. The Kier molecular flexibility index (Phi) is 3.62. The molecule has 1 aliphatic carbocycles. The zero-order valence-electron chi connectivity index (χ0n) is 12.0. The molecule has 0 bridgehead atoms. The number of hydrogen-bond donors (Lipinski definition) is 1. The molecule has 0 spiro atoms. The predicted molar refractivity (Wildman–Crippen MR) is 73.9 cm³/mol. The van der Waals surface area contributed by atoms with Crippen LogP contribution in [0.25, 0.3) is 0 Å². The van der Waals surface area contributed by atoms with Crippen molar-refractivity contribution >= 4 is 0 Å². The van der Waals surface area contributed by atoms with Gasteiger partial charge in [-0.15, -0.1) is 0 Å². The van der Waals surface area contributed by atoms with Crippen LogP contribution in [0.1, 0.15) is 39.2 Å². The topological polar surface area (TPSA) is 34.1 Å². The van der Waals surface area contributed by atoms with Gasteiger partial charge in [-0.05, 0) is 29.4 Å². The first-order valence-corrected chi connectivity index (χ1v) is 6.70. The van der Waals surface area contributed by atoms with Crippen molar-refractivity contribution in [3.63, 3.8) is 0 Å². The van der Waals surface area contributed by atoms with Gasteiger partial charge in [-0.2, -0.15) is 0 Å². The maximum atomic E-state index is 5.10. The summed E-state index contributed by atoms with van der Waals surface area (Å²) in [4.78, 5) is 4.31. The van der Waals surface area contributed by atoms with Gasteiger partial charge in [0.1, 0.15) is 0 Å². The van der Waals surface area contributed by atoms with Gasteiger partial charge >= 0.3 is 0 Å². The zero-order chi connectivity index (χ0) is 13.3. The van der Waals surface area contributed by atoms with E-state index in [1.54, 1.807) is 7.11 Å². The maximum Gasteiger partial charge on any atom is 0.212 e. The first kappa shape index (κ1) is 13.3. The minimum atomic E-state index is 0.373. The van der Waals surface area contributed by atoms with E-state index in [4.69, 9.17) is 4.74 Å². The highest BCUT2D eigenvalue weighted by Crippen LogP contribution is 2.63. The van der Waals surface area contributed by atoms with Crippen molar-refractivity contribution in [2.24, 2.45) is 11.3 Å². The lowest BCUT2D eigenvalue weighted by Gasteiger charge is -2.08. The van der Waals surface area contributed by atoms with Crippen LogP contribution in [-0.4, -0.2) is 24.7 Å². The van der Waals surface area contributed by atoms with E-state index in [2.05, 4.69) is 44.1 Å². The molecule has 2 atom stereocenters. The van der Waals surface area contributed by atoms with E-state index in [0.29, 0.717) is 29.2 Å². The molecule has 0 aromatic carbocycles. The zero-order valence-corrected chi connectivity index (χ0v) is 12.0. The molecule has 1 aromatic rings. The minimum absolute atomic E-state index is 0.373. The average molecular weight is 248 g/mol. The molecule has 3 nitrogen and oxygen atoms in total. The first-order chi connectivity index (χ1) is 8.46. The Balaban J connectivity index is 2.04. The Morgan fingerprint density at radius 3 is 2.61 bits per heavy atom. The van der Waals surface area contributed by atoms with Crippen LogP contribution in [0.3, 0.4) is 0 Å². The van der Waals surface area contributed by atoms with Crippen LogP contribution in [0.4, 0.5) is 0 Å². The summed E-state index contributed by atoms with van der Waals surface area (Å²) in [6, 6.07) is 4.65. The van der Waals surface area contributed by atoms with E-state index in [1.807, 2.05) is 12.3 Å². The normalized spacial score (nSPS) is 25.2. The van der Waals surface area contributed by atoms with E-state index >= 15 is 0 Å². The van der Waals surface area contributed by atoms with Crippen molar-refractivity contribution in [2.45, 2.75) is 39.7 Å². The van der Waals surface area contributed by atoms with E-state index < -0.39 is 0 Å². The molecule has 1 N–H and O–H groups in total. The summed E-state index contributed by atoms with van der Waals surface area (Å²) in [5.41, 5.74) is 1.70. The van der Waals surface area contributed by atoms with Crippen LogP contribution in [0.5, 0.6) is 5.88 Å². The van der Waals surface area contributed by atoms with Crippen molar-refractivity contribution in [1.29, 1.82) is 0 Å². The first-order valence-electron chi connectivity index (χ1n) is 6.70. The third kappa shape index (κ3) is 2.51. The molecule has 2 unspecified atom stereocenters. The molecule has 100 valence electrons. The Morgan fingerprint density at radius 2 is 2.11 bits per heavy atom. The summed E-state index contributed by atoms with van der Waals surface area (Å²) in [5.74, 6) is 2.01.